The van der Waals surface area contributed by atoms with Gasteiger partial charge in [-0.3, -0.25) is 4.79 Å². The van der Waals surface area contributed by atoms with Crippen LogP contribution in [-0.4, -0.2) is 11.9 Å². The summed E-state index contributed by atoms with van der Waals surface area (Å²) >= 11 is 7.66. The van der Waals surface area contributed by atoms with Gasteiger partial charge in [-0.2, -0.15) is 0 Å². The van der Waals surface area contributed by atoms with E-state index in [4.69, 9.17) is 11.6 Å². The zero-order chi connectivity index (χ0) is 24.6. The molecule has 4 aromatic carbocycles. The maximum atomic E-state index is 13.3. The first-order valence-electron chi connectivity index (χ1n) is 11.0. The van der Waals surface area contributed by atoms with Crippen molar-refractivity contribution in [2.24, 2.45) is 0 Å². The van der Waals surface area contributed by atoms with Crippen LogP contribution in [0.2, 0.25) is 5.02 Å². The molecule has 0 heterocycles. The second-order valence-electron chi connectivity index (χ2n) is 7.78. The maximum absolute atomic E-state index is 13.3. The summed E-state index contributed by atoms with van der Waals surface area (Å²) in [4.78, 5) is 26.5. The normalized spacial score (nSPS) is 11.4. The second-order valence-corrected chi connectivity index (χ2v) is 9.37. The number of para-hydroxylation sites is 1. The number of carbonyl (C=O) groups is 2. The summed E-state index contributed by atoms with van der Waals surface area (Å²) in [5, 5.41) is 8.75. The lowest BCUT2D eigenvalue weighted by molar-refractivity contribution is -0.115. The van der Waals surface area contributed by atoms with E-state index in [1.54, 1.807) is 6.07 Å². The highest BCUT2D eigenvalue weighted by atomic mass is 35.5. The number of thioether (sulfide) groups is 1. The van der Waals surface area contributed by atoms with E-state index in [1.807, 2.05) is 104 Å². The maximum Gasteiger partial charge on any atom is 0.323 e. The molecule has 4 aromatic rings. The fourth-order valence-electron chi connectivity index (χ4n) is 3.41. The number of amides is 3. The largest absolute Gasteiger partial charge is 0.325 e. The third-order valence-electron chi connectivity index (χ3n) is 5.26. The number of hydrogen-bond donors (Lipinski definition) is 3. The molecule has 7 heteroatoms. The molecule has 0 bridgehead atoms. The monoisotopic (exact) mass is 501 g/mol. The van der Waals surface area contributed by atoms with E-state index >= 15 is 0 Å². The molecular weight excluding hydrogens is 478 g/mol. The van der Waals surface area contributed by atoms with Gasteiger partial charge < -0.3 is 16.0 Å². The average Bonchev–Trinajstić information content (AvgIpc) is 2.87. The molecule has 0 saturated carbocycles. The van der Waals surface area contributed by atoms with Gasteiger partial charge in [0, 0.05) is 27.0 Å². The molecule has 0 radical (unpaired) electrons. The number of hydrogen-bond acceptors (Lipinski definition) is 3. The molecule has 1 unspecified atom stereocenters. The van der Waals surface area contributed by atoms with Crippen LogP contribution in [0, 0.1) is 6.92 Å². The predicted molar refractivity (Wildman–Crippen MR) is 145 cm³/mol. The molecule has 0 aliphatic heterocycles. The van der Waals surface area contributed by atoms with Gasteiger partial charge >= 0.3 is 6.03 Å². The van der Waals surface area contributed by atoms with E-state index in [0.29, 0.717) is 22.1 Å². The zero-order valence-corrected chi connectivity index (χ0v) is 20.6. The van der Waals surface area contributed by atoms with Gasteiger partial charge in [0.2, 0.25) is 5.91 Å². The van der Waals surface area contributed by atoms with Crippen LogP contribution >= 0.6 is 23.4 Å². The molecule has 0 aliphatic carbocycles. The van der Waals surface area contributed by atoms with Gasteiger partial charge in [0.25, 0.3) is 0 Å². The van der Waals surface area contributed by atoms with Gasteiger partial charge in [-0.25, -0.2) is 4.79 Å². The molecule has 0 saturated heterocycles. The van der Waals surface area contributed by atoms with Gasteiger partial charge in [0.05, 0.1) is 0 Å². The average molecular weight is 502 g/mol. The Kier molecular flexibility index (Phi) is 8.08. The molecule has 0 spiro atoms. The van der Waals surface area contributed by atoms with Crippen LogP contribution in [0.4, 0.5) is 21.9 Å². The molecule has 3 N–H and O–H groups in total. The summed E-state index contributed by atoms with van der Waals surface area (Å²) in [6, 6.07) is 31.4. The first kappa shape index (κ1) is 24.4. The van der Waals surface area contributed by atoms with Gasteiger partial charge in [-0.05, 0) is 66.6 Å². The number of carbonyl (C=O) groups excluding carboxylic acids is 2. The Morgan fingerprint density at radius 2 is 1.31 bits per heavy atom. The van der Waals surface area contributed by atoms with Crippen molar-refractivity contribution in [3.05, 3.63) is 119 Å². The summed E-state index contributed by atoms with van der Waals surface area (Å²) in [6.45, 7) is 1.88. The van der Waals surface area contributed by atoms with E-state index in [9.17, 15) is 9.59 Å². The van der Waals surface area contributed by atoms with Crippen molar-refractivity contribution < 1.29 is 9.59 Å². The smallest absolute Gasteiger partial charge is 0.323 e. The Bertz CT molecular complexity index is 1300. The Labute approximate surface area is 213 Å². The first-order chi connectivity index (χ1) is 17.0. The van der Waals surface area contributed by atoms with Crippen molar-refractivity contribution in [2.45, 2.75) is 17.1 Å². The van der Waals surface area contributed by atoms with Crippen LogP contribution < -0.4 is 16.0 Å². The summed E-state index contributed by atoms with van der Waals surface area (Å²) in [6.07, 6.45) is 0. The molecule has 0 fully saturated rings. The molecular formula is C28H24ClN3O2S. The number of urea groups is 1. The summed E-state index contributed by atoms with van der Waals surface area (Å²) in [5.41, 5.74) is 3.76. The van der Waals surface area contributed by atoms with Crippen LogP contribution in [0.15, 0.2) is 108 Å². The van der Waals surface area contributed by atoms with Crippen LogP contribution in [0.25, 0.3) is 0 Å². The Balaban J connectivity index is 1.46. The van der Waals surface area contributed by atoms with Gasteiger partial charge in [-0.1, -0.05) is 66.2 Å². The standard InChI is InChI=1S/C28H24ClN3O2S/c1-19-24(29)13-8-14-25(19)32-27(33)26(20-9-4-2-5-10-20)35-23-17-15-22(16-18-23)31-28(34)30-21-11-6-3-7-12-21/h2-18,26H,1H3,(H,32,33)(H2,30,31,34). The molecule has 176 valence electrons. The van der Waals surface area contributed by atoms with Crippen LogP contribution in [0.5, 0.6) is 0 Å². The quantitative estimate of drug-likeness (QED) is 0.226. The van der Waals surface area contributed by atoms with Crippen molar-refractivity contribution >= 4 is 52.4 Å². The van der Waals surface area contributed by atoms with Gasteiger partial charge in [0.15, 0.2) is 0 Å². The van der Waals surface area contributed by atoms with E-state index in [0.717, 1.165) is 16.0 Å². The minimum absolute atomic E-state index is 0.143. The molecule has 0 aromatic heterocycles. The fourth-order valence-corrected chi connectivity index (χ4v) is 4.61. The van der Waals surface area contributed by atoms with E-state index < -0.39 is 5.25 Å². The molecule has 4 rings (SSSR count). The van der Waals surface area contributed by atoms with Crippen LogP contribution in [0.1, 0.15) is 16.4 Å². The number of nitrogens with one attached hydrogen (secondary N) is 3. The lowest BCUT2D eigenvalue weighted by atomic mass is 10.1. The summed E-state index contributed by atoms with van der Waals surface area (Å²) in [7, 11) is 0. The molecule has 5 nitrogen and oxygen atoms in total. The minimum Gasteiger partial charge on any atom is -0.325 e. The van der Waals surface area contributed by atoms with Crippen molar-refractivity contribution in [3.63, 3.8) is 0 Å². The summed E-state index contributed by atoms with van der Waals surface area (Å²) in [5.74, 6) is -0.143. The van der Waals surface area contributed by atoms with Gasteiger partial charge in [0.1, 0.15) is 5.25 Å². The van der Waals surface area contributed by atoms with E-state index in [2.05, 4.69) is 16.0 Å². The van der Waals surface area contributed by atoms with Crippen molar-refractivity contribution in [3.8, 4) is 0 Å². The topological polar surface area (TPSA) is 70.2 Å². The lowest BCUT2D eigenvalue weighted by Gasteiger charge is -2.18. The highest BCUT2D eigenvalue weighted by Crippen LogP contribution is 2.37. The van der Waals surface area contributed by atoms with Crippen LogP contribution in [-0.2, 0) is 4.79 Å². The lowest BCUT2D eigenvalue weighted by Crippen LogP contribution is -2.20. The van der Waals surface area contributed by atoms with Crippen molar-refractivity contribution in [1.29, 1.82) is 0 Å². The Hall–Kier alpha value is -3.74. The molecule has 1 atom stereocenters. The fraction of sp³-hybridized carbons (Fsp3) is 0.0714. The molecule has 35 heavy (non-hydrogen) atoms. The molecule has 3 amide bonds. The summed E-state index contributed by atoms with van der Waals surface area (Å²) < 4.78 is 0. The van der Waals surface area contributed by atoms with E-state index in [1.165, 1.54) is 11.8 Å². The Morgan fingerprint density at radius 3 is 1.97 bits per heavy atom. The SMILES string of the molecule is Cc1c(Cl)cccc1NC(=O)C(Sc1ccc(NC(=O)Nc2ccccc2)cc1)c1ccccc1. The second kappa shape index (κ2) is 11.6. The number of halogens is 1. The zero-order valence-electron chi connectivity index (χ0n) is 19.0. The predicted octanol–water partition coefficient (Wildman–Crippen LogP) is 7.76. The number of benzene rings is 4. The first-order valence-corrected chi connectivity index (χ1v) is 12.3. The van der Waals surface area contributed by atoms with Crippen LogP contribution in [0.3, 0.4) is 0 Å². The molecule has 0 aliphatic rings. The van der Waals surface area contributed by atoms with Crippen molar-refractivity contribution in [1.82, 2.24) is 0 Å². The third kappa shape index (κ3) is 6.66. The highest BCUT2D eigenvalue weighted by Gasteiger charge is 2.23. The number of anilines is 3. The highest BCUT2D eigenvalue weighted by molar-refractivity contribution is 8.00. The Morgan fingerprint density at radius 1 is 0.714 bits per heavy atom. The third-order valence-corrected chi connectivity index (χ3v) is 6.94. The van der Waals surface area contributed by atoms with E-state index in [-0.39, 0.29) is 11.9 Å². The van der Waals surface area contributed by atoms with Gasteiger partial charge in [-0.15, -0.1) is 11.8 Å². The minimum atomic E-state index is -0.477. The number of rotatable bonds is 7. The van der Waals surface area contributed by atoms with Crippen molar-refractivity contribution in [2.75, 3.05) is 16.0 Å².